The molecule has 0 aliphatic heterocycles. The number of hydrogen-bond acceptors (Lipinski definition) is 4. The van der Waals surface area contributed by atoms with Gasteiger partial charge in [0.15, 0.2) is 0 Å². The van der Waals surface area contributed by atoms with Gasteiger partial charge in [0.05, 0.1) is 10.4 Å². The number of carbonyl (C=O) groups excluding carboxylic acids is 1. The fourth-order valence-electron chi connectivity index (χ4n) is 4.16. The lowest BCUT2D eigenvalue weighted by molar-refractivity contribution is 0.0544. The molecule has 34 heavy (non-hydrogen) atoms. The Kier molecular flexibility index (Phi) is 8.72. The topological polar surface area (TPSA) is 77.4 Å². The molecule has 3 rings (SSSR count). The van der Waals surface area contributed by atoms with Gasteiger partial charge in [-0.15, -0.1) is 0 Å². The van der Waals surface area contributed by atoms with Crippen LogP contribution in [0.25, 0.3) is 10.9 Å². The number of para-hydroxylation sites is 1. The van der Waals surface area contributed by atoms with Gasteiger partial charge in [0.1, 0.15) is 5.60 Å². The molecule has 1 N–H and O–H groups in total. The largest absolute Gasteiger partial charge is 0.443 e. The van der Waals surface area contributed by atoms with Gasteiger partial charge in [0.2, 0.25) is 10.0 Å². The number of nitrogens with zero attached hydrogens (tertiary/aromatic N) is 1. The molecule has 186 valence electrons. The summed E-state index contributed by atoms with van der Waals surface area (Å²) in [5.74, 6) is 0. The summed E-state index contributed by atoms with van der Waals surface area (Å²) in [5.41, 5.74) is 3.47. The van der Waals surface area contributed by atoms with Crippen molar-refractivity contribution in [3.63, 3.8) is 0 Å². The summed E-state index contributed by atoms with van der Waals surface area (Å²) in [6.07, 6.45) is 1.71. The lowest BCUT2D eigenvalue weighted by atomic mass is 10.1. The number of carbonyl (C=O) groups is 1. The number of nitrogens with one attached hydrogen (secondary N) is 1. The van der Waals surface area contributed by atoms with Gasteiger partial charge in [-0.05, 0) is 77.6 Å². The van der Waals surface area contributed by atoms with E-state index in [9.17, 15) is 13.2 Å². The molecule has 7 heteroatoms. The quantitative estimate of drug-likeness (QED) is 0.460. The molecule has 0 bridgehead atoms. The molecule has 0 saturated heterocycles. The van der Waals surface area contributed by atoms with E-state index in [1.807, 2.05) is 98.7 Å². The van der Waals surface area contributed by atoms with E-state index in [1.54, 1.807) is 6.20 Å². The Morgan fingerprint density at radius 1 is 1.06 bits per heavy atom. The molecule has 0 amide bonds. The number of ether oxygens (including phenoxy) is 1. The van der Waals surface area contributed by atoms with Gasteiger partial charge in [-0.2, -0.15) is 0 Å². The van der Waals surface area contributed by atoms with Crippen molar-refractivity contribution in [2.45, 2.75) is 85.3 Å². The molecular weight excluding hydrogens is 448 g/mol. The standard InChI is InChI=1S/C25H32N2O4S.C2H6/c1-16-12-17(2)23(18(3)13-16)32(29,30)26-19(4)14-20-15-27(24(28)31-25(5,6)7)22-11-9-8-10-21(20)22;1-2/h8-13,15,19,26H,14H2,1-7H3;1-2H3. The molecule has 0 saturated carbocycles. The maximum Gasteiger partial charge on any atom is 0.419 e. The first kappa shape index (κ1) is 27.6. The number of hydrogen-bond donors (Lipinski definition) is 1. The van der Waals surface area contributed by atoms with Crippen LogP contribution in [-0.2, 0) is 21.2 Å². The van der Waals surface area contributed by atoms with Crippen LogP contribution < -0.4 is 4.72 Å². The third-order valence-corrected chi connectivity index (χ3v) is 7.03. The van der Waals surface area contributed by atoms with Crippen molar-refractivity contribution in [3.05, 3.63) is 64.8 Å². The van der Waals surface area contributed by atoms with Crippen molar-refractivity contribution in [1.82, 2.24) is 9.29 Å². The normalized spacial score (nSPS) is 12.7. The highest BCUT2D eigenvalue weighted by Gasteiger charge is 2.24. The van der Waals surface area contributed by atoms with Crippen LogP contribution in [0.2, 0.25) is 0 Å². The fraction of sp³-hybridized carbons (Fsp3) is 0.444. The number of aryl methyl sites for hydroxylation is 3. The van der Waals surface area contributed by atoms with E-state index in [-0.39, 0.29) is 6.04 Å². The zero-order valence-electron chi connectivity index (χ0n) is 21.8. The van der Waals surface area contributed by atoms with Crippen molar-refractivity contribution < 1.29 is 17.9 Å². The van der Waals surface area contributed by atoms with Crippen molar-refractivity contribution in [3.8, 4) is 0 Å². The van der Waals surface area contributed by atoms with Crippen molar-refractivity contribution >= 4 is 27.0 Å². The van der Waals surface area contributed by atoms with Crippen LogP contribution in [0.4, 0.5) is 4.79 Å². The van der Waals surface area contributed by atoms with E-state index < -0.39 is 21.7 Å². The number of benzene rings is 2. The van der Waals surface area contributed by atoms with E-state index in [0.717, 1.165) is 33.2 Å². The third-order valence-electron chi connectivity index (χ3n) is 5.14. The second-order valence-electron chi connectivity index (χ2n) is 9.48. The Morgan fingerprint density at radius 2 is 1.62 bits per heavy atom. The number of aromatic nitrogens is 1. The van der Waals surface area contributed by atoms with Gasteiger partial charge in [-0.3, -0.25) is 4.57 Å². The average Bonchev–Trinajstić information content (AvgIpc) is 3.05. The molecule has 0 aliphatic carbocycles. The summed E-state index contributed by atoms with van der Waals surface area (Å²) in [5, 5.41) is 0.895. The van der Waals surface area contributed by atoms with Crippen LogP contribution in [0.3, 0.4) is 0 Å². The van der Waals surface area contributed by atoms with E-state index in [0.29, 0.717) is 11.3 Å². The summed E-state index contributed by atoms with van der Waals surface area (Å²) in [6.45, 7) is 16.9. The van der Waals surface area contributed by atoms with E-state index >= 15 is 0 Å². The smallest absolute Gasteiger partial charge is 0.419 e. The van der Waals surface area contributed by atoms with Gasteiger partial charge in [-0.1, -0.05) is 49.7 Å². The monoisotopic (exact) mass is 486 g/mol. The van der Waals surface area contributed by atoms with Crippen LogP contribution in [0.15, 0.2) is 47.5 Å². The van der Waals surface area contributed by atoms with E-state index in [4.69, 9.17) is 4.74 Å². The van der Waals surface area contributed by atoms with Crippen LogP contribution in [0.5, 0.6) is 0 Å². The summed E-state index contributed by atoms with van der Waals surface area (Å²) >= 11 is 0. The Bertz CT molecular complexity index is 1240. The first-order valence-electron chi connectivity index (χ1n) is 11.7. The lowest BCUT2D eigenvalue weighted by Crippen LogP contribution is -2.35. The summed E-state index contributed by atoms with van der Waals surface area (Å²) in [6, 6.07) is 10.9. The van der Waals surface area contributed by atoms with Gasteiger partial charge in [0, 0.05) is 17.6 Å². The first-order valence-corrected chi connectivity index (χ1v) is 13.2. The molecule has 0 aliphatic rings. The molecule has 0 fully saturated rings. The van der Waals surface area contributed by atoms with E-state index in [1.165, 1.54) is 4.57 Å². The van der Waals surface area contributed by atoms with Crippen molar-refractivity contribution in [2.24, 2.45) is 0 Å². The molecular formula is C27H38N2O4S. The predicted octanol–water partition coefficient (Wildman–Crippen LogP) is 6.29. The van der Waals surface area contributed by atoms with E-state index in [2.05, 4.69) is 4.72 Å². The predicted molar refractivity (Wildman–Crippen MR) is 139 cm³/mol. The SMILES string of the molecule is CC.Cc1cc(C)c(S(=O)(=O)NC(C)Cc2cn(C(=O)OC(C)(C)C)c3ccccc23)c(C)c1. The average molecular weight is 487 g/mol. The Labute approximate surface area is 204 Å². The molecule has 1 aromatic heterocycles. The van der Waals surface area contributed by atoms with Crippen LogP contribution in [0.1, 0.15) is 63.8 Å². The summed E-state index contributed by atoms with van der Waals surface area (Å²) < 4.78 is 36.1. The molecule has 1 atom stereocenters. The Hall–Kier alpha value is -2.64. The highest BCUT2D eigenvalue weighted by molar-refractivity contribution is 7.89. The molecule has 0 radical (unpaired) electrons. The minimum Gasteiger partial charge on any atom is -0.443 e. The molecule has 2 aromatic carbocycles. The Balaban J connectivity index is 0.00000199. The zero-order valence-corrected chi connectivity index (χ0v) is 22.6. The Morgan fingerprint density at radius 3 is 2.18 bits per heavy atom. The zero-order chi connectivity index (χ0) is 25.8. The fourth-order valence-corrected chi connectivity index (χ4v) is 5.86. The van der Waals surface area contributed by atoms with Crippen LogP contribution in [0, 0.1) is 20.8 Å². The molecule has 0 spiro atoms. The maximum atomic E-state index is 13.1. The maximum absolute atomic E-state index is 13.1. The van der Waals surface area contributed by atoms with Crippen molar-refractivity contribution in [2.75, 3.05) is 0 Å². The van der Waals surface area contributed by atoms with Gasteiger partial charge < -0.3 is 4.74 Å². The number of sulfonamides is 1. The lowest BCUT2D eigenvalue weighted by Gasteiger charge is -2.19. The minimum atomic E-state index is -3.69. The minimum absolute atomic E-state index is 0.325. The third kappa shape index (κ3) is 6.48. The molecule has 6 nitrogen and oxygen atoms in total. The van der Waals surface area contributed by atoms with Gasteiger partial charge >= 0.3 is 6.09 Å². The second-order valence-corrected chi connectivity index (χ2v) is 11.1. The van der Waals surface area contributed by atoms with Gasteiger partial charge in [0.25, 0.3) is 0 Å². The first-order chi connectivity index (χ1) is 15.8. The number of rotatable bonds is 5. The summed E-state index contributed by atoms with van der Waals surface area (Å²) in [4.78, 5) is 13.0. The van der Waals surface area contributed by atoms with Crippen LogP contribution in [-0.4, -0.2) is 30.7 Å². The molecule has 1 heterocycles. The summed E-state index contributed by atoms with van der Waals surface area (Å²) in [7, 11) is -3.69. The van der Waals surface area contributed by atoms with Gasteiger partial charge in [-0.25, -0.2) is 17.9 Å². The number of fused-ring (bicyclic) bond motifs is 1. The van der Waals surface area contributed by atoms with Crippen molar-refractivity contribution in [1.29, 1.82) is 0 Å². The molecule has 3 aromatic rings. The molecule has 1 unspecified atom stereocenters. The van der Waals surface area contributed by atoms with Crippen LogP contribution >= 0.6 is 0 Å². The highest BCUT2D eigenvalue weighted by Crippen LogP contribution is 2.25. The highest BCUT2D eigenvalue weighted by atomic mass is 32.2. The second kappa shape index (κ2) is 10.7.